The van der Waals surface area contributed by atoms with Crippen molar-refractivity contribution in [2.75, 3.05) is 38.8 Å². The minimum absolute atomic E-state index is 0.0570. The molecule has 0 saturated carbocycles. The van der Waals surface area contributed by atoms with Crippen LogP contribution in [0.2, 0.25) is 0 Å². The highest BCUT2D eigenvalue weighted by atomic mass is 32.1. The molecule has 0 N–H and O–H groups in total. The maximum absolute atomic E-state index is 14.1. The number of non-ortho nitro benzene ring substituents is 1. The predicted molar refractivity (Wildman–Crippen MR) is 159 cm³/mol. The number of anilines is 1. The van der Waals surface area contributed by atoms with Gasteiger partial charge in [0.05, 0.1) is 47.6 Å². The van der Waals surface area contributed by atoms with Crippen LogP contribution in [0.5, 0.6) is 11.5 Å². The van der Waals surface area contributed by atoms with E-state index in [1.807, 2.05) is 0 Å². The molecule has 3 heterocycles. The second kappa shape index (κ2) is 12.2. The van der Waals surface area contributed by atoms with Gasteiger partial charge < -0.3 is 19.1 Å². The van der Waals surface area contributed by atoms with Crippen LogP contribution in [0.1, 0.15) is 50.3 Å². The number of thiazole rings is 1. The van der Waals surface area contributed by atoms with E-state index in [2.05, 4.69) is 9.89 Å². The van der Waals surface area contributed by atoms with Crippen LogP contribution < -0.4 is 29.3 Å². The first-order valence-electron chi connectivity index (χ1n) is 13.7. The van der Waals surface area contributed by atoms with Gasteiger partial charge in [0.2, 0.25) is 0 Å². The highest BCUT2D eigenvalue weighted by molar-refractivity contribution is 7.07. The molecule has 0 aliphatic carbocycles. The molecule has 12 heteroatoms. The number of aromatic nitrogens is 1. The van der Waals surface area contributed by atoms with Crippen molar-refractivity contribution < 1.29 is 23.9 Å². The first-order valence-corrected chi connectivity index (χ1v) is 14.5. The Morgan fingerprint density at radius 2 is 1.86 bits per heavy atom. The zero-order valence-corrected chi connectivity index (χ0v) is 24.7. The summed E-state index contributed by atoms with van der Waals surface area (Å²) in [5, 5.41) is 11.6. The van der Waals surface area contributed by atoms with Crippen molar-refractivity contribution in [1.29, 1.82) is 0 Å². The molecule has 42 heavy (non-hydrogen) atoms. The normalized spacial score (nSPS) is 17.0. The Bertz CT molecular complexity index is 1750. The predicted octanol–water partition coefficient (Wildman–Crippen LogP) is 3.71. The van der Waals surface area contributed by atoms with Crippen LogP contribution in [-0.4, -0.2) is 49.4 Å². The Morgan fingerprint density at radius 3 is 2.52 bits per heavy atom. The van der Waals surface area contributed by atoms with E-state index >= 15 is 0 Å². The molecule has 0 unspecified atom stereocenters. The smallest absolute Gasteiger partial charge is 0.338 e. The highest BCUT2D eigenvalue weighted by Gasteiger charge is 2.34. The molecule has 1 atom stereocenters. The number of carbonyl (C=O) groups is 1. The molecule has 11 nitrogen and oxygen atoms in total. The third kappa shape index (κ3) is 5.41. The molecule has 1 aromatic heterocycles. The lowest BCUT2D eigenvalue weighted by Crippen LogP contribution is -2.40. The molecule has 0 bridgehead atoms. The molecule has 0 spiro atoms. The van der Waals surface area contributed by atoms with Crippen molar-refractivity contribution in [3.05, 3.63) is 88.6 Å². The van der Waals surface area contributed by atoms with Crippen LogP contribution in [0.4, 0.5) is 11.4 Å². The largest absolute Gasteiger partial charge is 0.493 e. The van der Waals surface area contributed by atoms with Crippen molar-refractivity contribution in [3.63, 3.8) is 0 Å². The molecule has 1 fully saturated rings. The SMILES string of the molecule is CCOC(=O)C1=C(C)N=c2sc(=Cc3cc([N+](=O)[O-])ccc3N3CCCCC3)c(=O)n2[C@H]1c1ccc(OC)c(OC)c1. The Labute approximate surface area is 246 Å². The maximum Gasteiger partial charge on any atom is 0.338 e. The molecular formula is C30H32N4O7S. The van der Waals surface area contributed by atoms with Gasteiger partial charge in [-0.05, 0) is 62.9 Å². The van der Waals surface area contributed by atoms with E-state index in [-0.39, 0.29) is 23.4 Å². The minimum atomic E-state index is -0.839. The number of hydrogen-bond donors (Lipinski definition) is 0. The summed E-state index contributed by atoms with van der Waals surface area (Å²) in [5.41, 5.74) is 2.29. The third-order valence-corrected chi connectivity index (χ3v) is 8.43. The number of ether oxygens (including phenoxy) is 3. The first-order chi connectivity index (χ1) is 20.3. The Kier molecular flexibility index (Phi) is 8.44. The summed E-state index contributed by atoms with van der Waals surface area (Å²) in [4.78, 5) is 45.8. The van der Waals surface area contributed by atoms with Crippen LogP contribution in [-0.2, 0) is 9.53 Å². The fraction of sp³-hybridized carbons (Fsp3) is 0.367. The van der Waals surface area contributed by atoms with Crippen LogP contribution in [0.15, 0.2) is 57.5 Å². The minimum Gasteiger partial charge on any atom is -0.493 e. The molecule has 2 aromatic carbocycles. The molecule has 220 valence electrons. The van der Waals surface area contributed by atoms with Gasteiger partial charge in [0, 0.05) is 36.5 Å². The summed E-state index contributed by atoms with van der Waals surface area (Å²) in [6.07, 6.45) is 4.88. The highest BCUT2D eigenvalue weighted by Crippen LogP contribution is 2.36. The first kappa shape index (κ1) is 29.1. The van der Waals surface area contributed by atoms with Crippen molar-refractivity contribution >= 4 is 34.8 Å². The van der Waals surface area contributed by atoms with Gasteiger partial charge in [-0.2, -0.15) is 0 Å². The fourth-order valence-corrected chi connectivity index (χ4v) is 6.50. The molecule has 3 aromatic rings. The summed E-state index contributed by atoms with van der Waals surface area (Å²) in [5.74, 6) is 0.375. The number of esters is 1. The van der Waals surface area contributed by atoms with Crippen LogP contribution in [0, 0.1) is 10.1 Å². The van der Waals surface area contributed by atoms with Gasteiger partial charge in [-0.3, -0.25) is 19.5 Å². The zero-order valence-electron chi connectivity index (χ0n) is 23.9. The van der Waals surface area contributed by atoms with Gasteiger partial charge in [0.1, 0.15) is 0 Å². The molecular weight excluding hydrogens is 560 g/mol. The van der Waals surface area contributed by atoms with Crippen molar-refractivity contribution in [1.82, 2.24) is 4.57 Å². The summed E-state index contributed by atoms with van der Waals surface area (Å²) in [6.45, 7) is 5.26. The lowest BCUT2D eigenvalue weighted by atomic mass is 9.95. The molecule has 5 rings (SSSR count). The van der Waals surface area contributed by atoms with Crippen LogP contribution >= 0.6 is 11.3 Å². The fourth-order valence-electron chi connectivity index (χ4n) is 5.46. The number of piperidine rings is 1. The topological polar surface area (TPSA) is 126 Å². The summed E-state index contributed by atoms with van der Waals surface area (Å²) in [7, 11) is 3.04. The molecule has 0 radical (unpaired) electrons. The van der Waals surface area contributed by atoms with E-state index < -0.39 is 16.9 Å². The van der Waals surface area contributed by atoms with Crippen molar-refractivity contribution in [3.8, 4) is 11.5 Å². The summed E-state index contributed by atoms with van der Waals surface area (Å²) < 4.78 is 18.1. The lowest BCUT2D eigenvalue weighted by molar-refractivity contribution is -0.384. The monoisotopic (exact) mass is 592 g/mol. The average molecular weight is 593 g/mol. The van der Waals surface area contributed by atoms with E-state index in [0.29, 0.717) is 37.7 Å². The van der Waals surface area contributed by atoms with E-state index in [9.17, 15) is 19.7 Å². The molecule has 2 aliphatic heterocycles. The van der Waals surface area contributed by atoms with Crippen LogP contribution in [0.3, 0.4) is 0 Å². The summed E-state index contributed by atoms with van der Waals surface area (Å²) in [6, 6.07) is 9.13. The zero-order chi connectivity index (χ0) is 30.0. The number of rotatable bonds is 8. The van der Waals surface area contributed by atoms with Gasteiger partial charge in [-0.15, -0.1) is 0 Å². The third-order valence-electron chi connectivity index (χ3n) is 7.45. The molecule has 1 saturated heterocycles. The number of nitro benzene ring substituents is 1. The van der Waals surface area contributed by atoms with Gasteiger partial charge in [-0.1, -0.05) is 17.4 Å². The number of nitrogens with zero attached hydrogens (tertiary/aromatic N) is 4. The van der Waals surface area contributed by atoms with E-state index in [1.54, 1.807) is 44.2 Å². The second-order valence-corrected chi connectivity index (χ2v) is 11.0. The number of nitro groups is 1. The standard InChI is InChI=1S/C30H32N4O7S/c1-5-41-29(36)26-18(2)31-30-33(27(26)19-9-12-23(39-3)24(16-19)40-4)28(35)25(42-30)17-20-15-21(34(37)38)10-11-22(20)32-13-7-6-8-14-32/h9-12,15-17,27H,5-8,13-14H2,1-4H3/t27-/m0/s1. The Balaban J connectivity index is 1.73. The Morgan fingerprint density at radius 1 is 1.12 bits per heavy atom. The number of methoxy groups -OCH3 is 2. The van der Waals surface area contributed by atoms with E-state index in [4.69, 9.17) is 14.2 Å². The number of hydrogen-bond acceptors (Lipinski definition) is 10. The van der Waals surface area contributed by atoms with Gasteiger partial charge in [-0.25, -0.2) is 9.79 Å². The van der Waals surface area contributed by atoms with Crippen molar-refractivity contribution in [2.24, 2.45) is 4.99 Å². The quantitative estimate of drug-likeness (QED) is 0.220. The van der Waals surface area contributed by atoms with E-state index in [0.717, 1.165) is 38.0 Å². The molecule has 0 amide bonds. The number of carbonyl (C=O) groups excluding carboxylic acids is 1. The average Bonchev–Trinajstić information content (AvgIpc) is 3.30. The van der Waals surface area contributed by atoms with Crippen LogP contribution in [0.25, 0.3) is 6.08 Å². The molecule has 2 aliphatic rings. The number of fused-ring (bicyclic) bond motifs is 1. The van der Waals surface area contributed by atoms with Crippen molar-refractivity contribution in [2.45, 2.75) is 39.2 Å². The van der Waals surface area contributed by atoms with Gasteiger partial charge >= 0.3 is 5.97 Å². The summed E-state index contributed by atoms with van der Waals surface area (Å²) >= 11 is 1.17. The van der Waals surface area contributed by atoms with Gasteiger partial charge in [0.25, 0.3) is 11.2 Å². The second-order valence-electron chi connectivity index (χ2n) is 9.96. The van der Waals surface area contributed by atoms with E-state index in [1.165, 1.54) is 42.3 Å². The lowest BCUT2D eigenvalue weighted by Gasteiger charge is -2.30. The number of benzene rings is 2. The number of allylic oxidation sites excluding steroid dienone is 1. The maximum atomic E-state index is 14.1. The van der Waals surface area contributed by atoms with Gasteiger partial charge in [0.15, 0.2) is 16.3 Å². The Hall–Kier alpha value is -4.45.